The fraction of sp³-hybridized carbons (Fsp3) is 0.462. The van der Waals surface area contributed by atoms with E-state index in [-0.39, 0.29) is 6.61 Å². The Balaban J connectivity index is 0.000000385. The fourth-order valence-corrected chi connectivity index (χ4v) is 1.30. The minimum atomic E-state index is 0.127. The Labute approximate surface area is 107 Å². The molecule has 84 valence electrons. The molecule has 1 rings (SSSR count). The van der Waals surface area contributed by atoms with Gasteiger partial charge in [-0.25, -0.2) is 0 Å². The first-order valence-corrected chi connectivity index (χ1v) is 5.93. The van der Waals surface area contributed by atoms with Gasteiger partial charge in [0.2, 0.25) is 0 Å². The summed E-state index contributed by atoms with van der Waals surface area (Å²) in [4.78, 5) is 10.3. The molecule has 0 saturated carbocycles. The monoisotopic (exact) mass is 214 g/mol. The maximum absolute atomic E-state index is 10.3. The van der Waals surface area contributed by atoms with Crippen LogP contribution in [0.2, 0.25) is 5.09 Å². The number of unbranched alkanes of at least 4 members (excludes halogenated alkanes) is 1. The number of benzene rings is 1. The fourth-order valence-electron chi connectivity index (χ4n) is 1.30. The SMILES string of the molecule is O=Cc1cccc(CCO)c1.[Li][CH2]CCC. The van der Waals surface area contributed by atoms with E-state index in [4.69, 9.17) is 5.11 Å². The molecule has 0 aliphatic carbocycles. The number of carbonyl (C=O) groups is 1. The van der Waals surface area contributed by atoms with E-state index < -0.39 is 0 Å². The molecule has 0 heterocycles. The molecule has 0 spiro atoms. The van der Waals surface area contributed by atoms with Crippen LogP contribution in [0, 0.1) is 0 Å². The molecule has 1 N–H and O–H groups in total. The molecule has 1 aromatic rings. The van der Waals surface area contributed by atoms with Crippen molar-refractivity contribution in [2.75, 3.05) is 6.61 Å². The van der Waals surface area contributed by atoms with Crippen LogP contribution in [0.15, 0.2) is 24.3 Å². The molecule has 0 amide bonds. The van der Waals surface area contributed by atoms with Crippen LogP contribution in [0.5, 0.6) is 0 Å². The predicted octanol–water partition coefficient (Wildman–Crippen LogP) is 2.41. The van der Waals surface area contributed by atoms with Crippen LogP contribution in [0.4, 0.5) is 0 Å². The number of aliphatic hydroxyl groups is 1. The van der Waals surface area contributed by atoms with Gasteiger partial charge in [-0.3, -0.25) is 4.79 Å². The molecule has 0 bridgehead atoms. The summed E-state index contributed by atoms with van der Waals surface area (Å²) in [6.07, 6.45) is 4.15. The van der Waals surface area contributed by atoms with Crippen molar-refractivity contribution in [3.8, 4) is 0 Å². The van der Waals surface area contributed by atoms with Crippen molar-refractivity contribution in [3.63, 3.8) is 0 Å². The van der Waals surface area contributed by atoms with E-state index in [1.807, 2.05) is 12.1 Å². The normalized spacial score (nSPS) is 9.25. The Kier molecular flexibility index (Phi) is 10.6. The summed E-state index contributed by atoms with van der Waals surface area (Å²) in [5.41, 5.74) is 1.66. The summed E-state index contributed by atoms with van der Waals surface area (Å²) in [5.74, 6) is 0. The molecule has 0 radical (unpaired) electrons. The van der Waals surface area contributed by atoms with E-state index in [9.17, 15) is 4.79 Å². The molecule has 0 fully saturated rings. The molecule has 1 aromatic carbocycles. The van der Waals surface area contributed by atoms with Gasteiger partial charge in [0.15, 0.2) is 0 Å². The van der Waals surface area contributed by atoms with Crippen molar-refractivity contribution in [1.29, 1.82) is 0 Å². The van der Waals surface area contributed by atoms with E-state index in [1.54, 1.807) is 12.1 Å². The molecule has 0 aromatic heterocycles. The Bertz CT molecular complexity index is 285. The summed E-state index contributed by atoms with van der Waals surface area (Å²) >= 11 is 2.21. The number of aldehydes is 1. The molecular formula is C13H19LiO2. The van der Waals surface area contributed by atoms with Crippen LogP contribution in [0.25, 0.3) is 0 Å². The molecule has 2 nitrogen and oxygen atoms in total. The molecular weight excluding hydrogens is 195 g/mol. The molecule has 3 heteroatoms. The van der Waals surface area contributed by atoms with Crippen LogP contribution < -0.4 is 0 Å². The van der Waals surface area contributed by atoms with Gasteiger partial charge >= 0.3 is 42.6 Å². The zero-order chi connectivity index (χ0) is 12.2. The summed E-state index contributed by atoms with van der Waals surface area (Å²) in [6.45, 7) is 2.34. The Morgan fingerprint density at radius 3 is 2.62 bits per heavy atom. The number of hydrogen-bond donors (Lipinski definition) is 1. The molecule has 0 aliphatic rings. The zero-order valence-electron chi connectivity index (χ0n) is 10.3. The first-order valence-electron chi connectivity index (χ1n) is 5.93. The third-order valence-electron chi connectivity index (χ3n) is 2.19. The number of carbonyl (C=O) groups excluding carboxylic acids is 1. The van der Waals surface area contributed by atoms with Gasteiger partial charge < -0.3 is 5.11 Å². The average molecular weight is 214 g/mol. The number of hydrogen-bond acceptors (Lipinski definition) is 2. The molecule has 0 atom stereocenters. The second-order valence-corrected chi connectivity index (χ2v) is 3.69. The molecule has 0 aliphatic heterocycles. The van der Waals surface area contributed by atoms with Crippen LogP contribution in [0.1, 0.15) is 35.7 Å². The van der Waals surface area contributed by atoms with Crippen molar-refractivity contribution in [3.05, 3.63) is 35.4 Å². The van der Waals surface area contributed by atoms with Crippen molar-refractivity contribution < 1.29 is 9.90 Å². The van der Waals surface area contributed by atoms with Crippen molar-refractivity contribution in [2.24, 2.45) is 0 Å². The van der Waals surface area contributed by atoms with Crippen molar-refractivity contribution in [1.82, 2.24) is 0 Å². The first-order chi connectivity index (χ1) is 7.78. The van der Waals surface area contributed by atoms with E-state index in [0.717, 1.165) is 11.8 Å². The van der Waals surface area contributed by atoms with Gasteiger partial charge in [0.05, 0.1) is 0 Å². The van der Waals surface area contributed by atoms with E-state index in [1.165, 1.54) is 17.9 Å². The van der Waals surface area contributed by atoms with Crippen LogP contribution in [-0.2, 0) is 6.42 Å². The third kappa shape index (κ3) is 7.70. The van der Waals surface area contributed by atoms with Gasteiger partial charge in [-0.2, -0.15) is 0 Å². The van der Waals surface area contributed by atoms with Gasteiger partial charge in [0.1, 0.15) is 6.29 Å². The van der Waals surface area contributed by atoms with Gasteiger partial charge in [-0.1, -0.05) is 18.2 Å². The summed E-state index contributed by atoms with van der Waals surface area (Å²) in [7, 11) is 0. The van der Waals surface area contributed by atoms with Crippen molar-refractivity contribution in [2.45, 2.75) is 31.3 Å². The summed E-state index contributed by atoms with van der Waals surface area (Å²) in [5, 5.41) is 9.94. The Hall–Kier alpha value is -0.553. The van der Waals surface area contributed by atoms with Gasteiger partial charge in [-0.15, -0.1) is 0 Å². The first kappa shape index (κ1) is 15.4. The Morgan fingerprint density at radius 1 is 1.44 bits per heavy atom. The maximum atomic E-state index is 10.3. The van der Waals surface area contributed by atoms with E-state index in [0.29, 0.717) is 12.0 Å². The minimum absolute atomic E-state index is 0.127. The summed E-state index contributed by atoms with van der Waals surface area (Å²) < 4.78 is 0. The molecule has 0 saturated heterocycles. The summed E-state index contributed by atoms with van der Waals surface area (Å²) in [6, 6.07) is 7.23. The van der Waals surface area contributed by atoms with E-state index >= 15 is 0 Å². The van der Waals surface area contributed by atoms with Gasteiger partial charge in [-0.05, 0) is 18.1 Å². The van der Waals surface area contributed by atoms with E-state index in [2.05, 4.69) is 24.6 Å². The van der Waals surface area contributed by atoms with Crippen LogP contribution in [0.3, 0.4) is 0 Å². The third-order valence-corrected chi connectivity index (χ3v) is 2.19. The van der Waals surface area contributed by atoms with Crippen molar-refractivity contribution >= 4 is 24.0 Å². The quantitative estimate of drug-likeness (QED) is 0.603. The molecule has 16 heavy (non-hydrogen) atoms. The predicted molar refractivity (Wildman–Crippen MR) is 68.1 cm³/mol. The Morgan fingerprint density at radius 2 is 2.19 bits per heavy atom. The zero-order valence-corrected chi connectivity index (χ0v) is 10.3. The van der Waals surface area contributed by atoms with Crippen LogP contribution in [-0.4, -0.2) is 35.7 Å². The number of rotatable bonds is 5. The average Bonchev–Trinajstić information content (AvgIpc) is 2.32. The van der Waals surface area contributed by atoms with Gasteiger partial charge in [0.25, 0.3) is 0 Å². The second kappa shape index (κ2) is 10.9. The van der Waals surface area contributed by atoms with Crippen LogP contribution >= 0.6 is 0 Å². The standard InChI is InChI=1S/C9H10O2.C4H9.Li/c10-5-4-8-2-1-3-9(6-8)7-11;1-3-4-2;/h1-3,6-7,10H,4-5H2;1,3-4H2,2H3;. The number of aliphatic hydroxyl groups excluding tert-OH is 1. The van der Waals surface area contributed by atoms with Gasteiger partial charge in [0, 0.05) is 12.2 Å². The topological polar surface area (TPSA) is 37.3 Å². The molecule has 0 unspecified atom stereocenters. The second-order valence-electron chi connectivity index (χ2n) is 3.69.